The minimum Gasteiger partial charge on any atom is -0.493 e. The first-order chi connectivity index (χ1) is 8.54. The van der Waals surface area contributed by atoms with Crippen LogP contribution in [0.5, 0.6) is 5.75 Å². The number of benzene rings is 1. The van der Waals surface area contributed by atoms with E-state index in [-0.39, 0.29) is 0 Å². The first kappa shape index (κ1) is 14.6. The van der Waals surface area contributed by atoms with Crippen molar-refractivity contribution in [3.63, 3.8) is 0 Å². The van der Waals surface area contributed by atoms with Crippen LogP contribution in [0, 0.1) is 31.6 Å². The van der Waals surface area contributed by atoms with Gasteiger partial charge in [0.15, 0.2) is 0 Å². The van der Waals surface area contributed by atoms with Crippen molar-refractivity contribution in [2.75, 3.05) is 6.61 Å². The average molecular weight is 244 g/mol. The molecular weight excluding hydrogens is 220 g/mol. The van der Waals surface area contributed by atoms with Gasteiger partial charge in [0.05, 0.1) is 6.61 Å². The van der Waals surface area contributed by atoms with Crippen molar-refractivity contribution in [1.82, 2.24) is 0 Å². The molecule has 1 aromatic rings. The Labute approximate surface area is 112 Å². The summed E-state index contributed by atoms with van der Waals surface area (Å²) in [5.41, 5.74) is 3.81. The molecule has 0 aliphatic heterocycles. The van der Waals surface area contributed by atoms with Gasteiger partial charge >= 0.3 is 0 Å². The van der Waals surface area contributed by atoms with Crippen LogP contribution in [0.1, 0.15) is 43.9 Å². The minimum atomic E-state index is 0.550. The Bertz CT molecular complexity index is 447. The maximum atomic E-state index is 5.97. The van der Waals surface area contributed by atoms with E-state index in [1.165, 1.54) is 16.7 Å². The maximum Gasteiger partial charge on any atom is 0.125 e. The van der Waals surface area contributed by atoms with E-state index >= 15 is 0 Å². The molecule has 1 aromatic carbocycles. The molecule has 18 heavy (non-hydrogen) atoms. The van der Waals surface area contributed by atoms with Crippen molar-refractivity contribution >= 4 is 0 Å². The molecule has 0 radical (unpaired) electrons. The molecule has 0 spiro atoms. The molecule has 0 saturated heterocycles. The standard InChI is InChI=1S/C17H24O/c1-6-7-8-9-16-11-14(4)10-15(5)17(16)18-12-13(2)3/h10-11,13H,8-9,12H2,1-5H3. The zero-order valence-electron chi connectivity index (χ0n) is 12.3. The molecule has 0 atom stereocenters. The third-order valence-electron chi connectivity index (χ3n) is 2.75. The molecule has 1 heteroatoms. The molecule has 1 rings (SSSR count). The van der Waals surface area contributed by atoms with E-state index in [9.17, 15) is 0 Å². The van der Waals surface area contributed by atoms with Crippen LogP contribution in [-0.2, 0) is 6.42 Å². The molecule has 0 fully saturated rings. The van der Waals surface area contributed by atoms with Gasteiger partial charge in [0.25, 0.3) is 0 Å². The van der Waals surface area contributed by atoms with Crippen molar-refractivity contribution in [1.29, 1.82) is 0 Å². The molecule has 1 nitrogen and oxygen atoms in total. The summed E-state index contributed by atoms with van der Waals surface area (Å²) in [4.78, 5) is 0. The lowest BCUT2D eigenvalue weighted by atomic mass is 10.0. The van der Waals surface area contributed by atoms with Crippen LogP contribution >= 0.6 is 0 Å². The predicted molar refractivity (Wildman–Crippen MR) is 78.0 cm³/mol. The van der Waals surface area contributed by atoms with Gasteiger partial charge in [-0.3, -0.25) is 0 Å². The van der Waals surface area contributed by atoms with Crippen molar-refractivity contribution < 1.29 is 4.74 Å². The molecule has 0 bridgehead atoms. The largest absolute Gasteiger partial charge is 0.493 e. The second-order valence-electron chi connectivity index (χ2n) is 5.20. The number of hydrogen-bond donors (Lipinski definition) is 0. The first-order valence-corrected chi connectivity index (χ1v) is 6.67. The van der Waals surface area contributed by atoms with Crippen molar-refractivity contribution in [3.8, 4) is 17.6 Å². The van der Waals surface area contributed by atoms with E-state index < -0.39 is 0 Å². The fourth-order valence-electron chi connectivity index (χ4n) is 2.01. The monoisotopic (exact) mass is 244 g/mol. The molecule has 0 aromatic heterocycles. The second-order valence-corrected chi connectivity index (χ2v) is 5.20. The van der Waals surface area contributed by atoms with Crippen LogP contribution in [0.15, 0.2) is 12.1 Å². The zero-order chi connectivity index (χ0) is 13.5. The maximum absolute atomic E-state index is 5.97. The fourth-order valence-corrected chi connectivity index (χ4v) is 2.01. The summed E-state index contributed by atoms with van der Waals surface area (Å²) in [6.45, 7) is 11.3. The van der Waals surface area contributed by atoms with Crippen LogP contribution < -0.4 is 4.74 Å². The van der Waals surface area contributed by atoms with Gasteiger partial charge in [-0.1, -0.05) is 31.5 Å². The zero-order valence-corrected chi connectivity index (χ0v) is 12.3. The Morgan fingerprint density at radius 2 is 1.94 bits per heavy atom. The molecule has 0 aliphatic carbocycles. The average Bonchev–Trinajstić information content (AvgIpc) is 2.27. The van der Waals surface area contributed by atoms with E-state index in [2.05, 4.69) is 51.7 Å². The van der Waals surface area contributed by atoms with Gasteiger partial charge in [-0.15, -0.1) is 11.8 Å². The summed E-state index contributed by atoms with van der Waals surface area (Å²) in [6, 6.07) is 4.41. The molecule has 0 aliphatic rings. The second kappa shape index (κ2) is 7.11. The summed E-state index contributed by atoms with van der Waals surface area (Å²) in [5.74, 6) is 7.68. The number of rotatable bonds is 5. The van der Waals surface area contributed by atoms with Gasteiger partial charge in [0, 0.05) is 6.42 Å². The van der Waals surface area contributed by atoms with Crippen LogP contribution in [-0.4, -0.2) is 6.61 Å². The Morgan fingerprint density at radius 1 is 1.22 bits per heavy atom. The van der Waals surface area contributed by atoms with Crippen molar-refractivity contribution in [2.24, 2.45) is 5.92 Å². The van der Waals surface area contributed by atoms with Crippen LogP contribution in [0.2, 0.25) is 0 Å². The van der Waals surface area contributed by atoms with E-state index in [1.807, 2.05) is 6.92 Å². The summed E-state index contributed by atoms with van der Waals surface area (Å²) in [6.07, 6.45) is 1.87. The summed E-state index contributed by atoms with van der Waals surface area (Å²) in [5, 5.41) is 0. The Kier molecular flexibility index (Phi) is 5.78. The minimum absolute atomic E-state index is 0.550. The number of hydrogen-bond acceptors (Lipinski definition) is 1. The third kappa shape index (κ3) is 4.45. The Morgan fingerprint density at radius 3 is 2.56 bits per heavy atom. The SMILES string of the molecule is CC#CCCc1cc(C)cc(C)c1OCC(C)C. The molecule has 0 amide bonds. The Balaban J connectivity index is 2.91. The number of ether oxygens (including phenoxy) is 1. The van der Waals surface area contributed by atoms with E-state index in [0.717, 1.165) is 25.2 Å². The molecule has 98 valence electrons. The summed E-state index contributed by atoms with van der Waals surface area (Å²) < 4.78 is 5.97. The third-order valence-corrected chi connectivity index (χ3v) is 2.75. The smallest absolute Gasteiger partial charge is 0.125 e. The molecule has 0 N–H and O–H groups in total. The van der Waals surface area contributed by atoms with Crippen molar-refractivity contribution in [2.45, 2.75) is 47.5 Å². The van der Waals surface area contributed by atoms with Crippen LogP contribution in [0.3, 0.4) is 0 Å². The van der Waals surface area contributed by atoms with Crippen LogP contribution in [0.25, 0.3) is 0 Å². The van der Waals surface area contributed by atoms with Gasteiger partial charge in [-0.25, -0.2) is 0 Å². The van der Waals surface area contributed by atoms with Crippen LogP contribution in [0.4, 0.5) is 0 Å². The van der Waals surface area contributed by atoms with E-state index in [0.29, 0.717) is 5.92 Å². The van der Waals surface area contributed by atoms with Gasteiger partial charge in [0.1, 0.15) is 5.75 Å². The normalized spacial score (nSPS) is 10.1. The fraction of sp³-hybridized carbons (Fsp3) is 0.529. The highest BCUT2D eigenvalue weighted by Crippen LogP contribution is 2.27. The van der Waals surface area contributed by atoms with Gasteiger partial charge in [0.2, 0.25) is 0 Å². The highest BCUT2D eigenvalue weighted by Gasteiger charge is 2.09. The van der Waals surface area contributed by atoms with Gasteiger partial charge in [-0.05, 0) is 44.2 Å². The van der Waals surface area contributed by atoms with Gasteiger partial charge < -0.3 is 4.74 Å². The first-order valence-electron chi connectivity index (χ1n) is 6.67. The summed E-state index contributed by atoms with van der Waals surface area (Å²) >= 11 is 0. The lowest BCUT2D eigenvalue weighted by Crippen LogP contribution is -2.07. The molecule has 0 unspecified atom stereocenters. The molecule has 0 heterocycles. The van der Waals surface area contributed by atoms with Crippen molar-refractivity contribution in [3.05, 3.63) is 28.8 Å². The highest BCUT2D eigenvalue weighted by atomic mass is 16.5. The lowest BCUT2D eigenvalue weighted by molar-refractivity contribution is 0.267. The summed E-state index contributed by atoms with van der Waals surface area (Å²) in [7, 11) is 0. The Hall–Kier alpha value is -1.42. The topological polar surface area (TPSA) is 9.23 Å². The van der Waals surface area contributed by atoms with Gasteiger partial charge in [-0.2, -0.15) is 0 Å². The quantitative estimate of drug-likeness (QED) is 0.702. The van der Waals surface area contributed by atoms with E-state index in [4.69, 9.17) is 4.74 Å². The number of aryl methyl sites for hydroxylation is 3. The predicted octanol–water partition coefficient (Wildman–Crippen LogP) is 4.29. The van der Waals surface area contributed by atoms with E-state index in [1.54, 1.807) is 0 Å². The molecule has 0 saturated carbocycles. The molecular formula is C17H24O. The lowest BCUT2D eigenvalue weighted by Gasteiger charge is -2.16. The highest BCUT2D eigenvalue weighted by molar-refractivity contribution is 5.44.